The third-order valence-corrected chi connectivity index (χ3v) is 3.82. The molecular weight excluding hydrogens is 276 g/mol. The van der Waals surface area contributed by atoms with Crippen LogP contribution in [0.15, 0.2) is 54.6 Å². The molecule has 0 bridgehead atoms. The number of amides is 1. The second-order valence-corrected chi connectivity index (χ2v) is 5.45. The molecule has 0 aromatic heterocycles. The van der Waals surface area contributed by atoms with Crippen LogP contribution in [-0.4, -0.2) is 26.1 Å². The van der Waals surface area contributed by atoms with Crippen molar-refractivity contribution in [2.75, 3.05) is 19.5 Å². The van der Waals surface area contributed by atoms with E-state index >= 15 is 0 Å². The van der Waals surface area contributed by atoms with Gasteiger partial charge in [0.2, 0.25) is 0 Å². The maximum Gasteiger partial charge on any atom is 0.282 e. The molecule has 0 heterocycles. The molecule has 0 aliphatic heterocycles. The van der Waals surface area contributed by atoms with Gasteiger partial charge in [-0.1, -0.05) is 30.3 Å². The van der Waals surface area contributed by atoms with E-state index < -0.39 is 0 Å². The Morgan fingerprint density at radius 1 is 1.14 bits per heavy atom. The number of rotatable bonds is 6. The van der Waals surface area contributed by atoms with Crippen molar-refractivity contribution in [1.29, 1.82) is 0 Å². The quantitative estimate of drug-likeness (QED) is 0.853. The normalized spacial score (nSPS) is 13.2. The molecule has 0 aliphatic rings. The highest BCUT2D eigenvalue weighted by Gasteiger charge is 2.21. The van der Waals surface area contributed by atoms with Gasteiger partial charge in [-0.3, -0.25) is 4.79 Å². The SMILES string of the molecule is COc1ccc(NC(=O)[C@H](C)[NH+](C)Cc2ccccc2)cc1. The summed E-state index contributed by atoms with van der Waals surface area (Å²) >= 11 is 0. The van der Waals surface area contributed by atoms with E-state index in [4.69, 9.17) is 4.74 Å². The van der Waals surface area contributed by atoms with Gasteiger partial charge in [-0.15, -0.1) is 0 Å². The summed E-state index contributed by atoms with van der Waals surface area (Å²) in [6.07, 6.45) is 0. The minimum atomic E-state index is -0.137. The van der Waals surface area contributed by atoms with E-state index in [-0.39, 0.29) is 11.9 Å². The van der Waals surface area contributed by atoms with Gasteiger partial charge < -0.3 is 15.0 Å². The summed E-state index contributed by atoms with van der Waals surface area (Å²) in [6, 6.07) is 17.4. The monoisotopic (exact) mass is 299 g/mol. The van der Waals surface area contributed by atoms with Crippen molar-refractivity contribution in [3.8, 4) is 5.75 Å². The second kappa shape index (κ2) is 7.61. The van der Waals surface area contributed by atoms with Crippen LogP contribution >= 0.6 is 0 Å². The van der Waals surface area contributed by atoms with E-state index in [1.165, 1.54) is 5.56 Å². The Hall–Kier alpha value is -2.33. The molecule has 0 saturated carbocycles. The fourth-order valence-electron chi connectivity index (χ4n) is 2.22. The molecular formula is C18H23N2O2+. The van der Waals surface area contributed by atoms with Crippen LogP contribution in [0.5, 0.6) is 5.75 Å². The third kappa shape index (κ3) is 4.33. The Kier molecular flexibility index (Phi) is 5.55. The van der Waals surface area contributed by atoms with Crippen LogP contribution in [0.4, 0.5) is 5.69 Å². The van der Waals surface area contributed by atoms with Crippen LogP contribution in [0.3, 0.4) is 0 Å². The molecule has 2 aromatic carbocycles. The number of benzene rings is 2. The third-order valence-electron chi connectivity index (χ3n) is 3.82. The molecule has 2 atom stereocenters. The van der Waals surface area contributed by atoms with Crippen LogP contribution in [-0.2, 0) is 11.3 Å². The zero-order valence-corrected chi connectivity index (χ0v) is 13.3. The van der Waals surface area contributed by atoms with E-state index in [2.05, 4.69) is 17.4 Å². The zero-order chi connectivity index (χ0) is 15.9. The topological polar surface area (TPSA) is 42.8 Å². The fourth-order valence-corrected chi connectivity index (χ4v) is 2.22. The van der Waals surface area contributed by atoms with E-state index in [0.29, 0.717) is 0 Å². The van der Waals surface area contributed by atoms with Crippen molar-refractivity contribution in [2.24, 2.45) is 0 Å². The molecule has 0 fully saturated rings. The lowest BCUT2D eigenvalue weighted by molar-refractivity contribution is -0.907. The number of nitrogens with one attached hydrogen (secondary N) is 2. The van der Waals surface area contributed by atoms with Gasteiger partial charge in [0, 0.05) is 11.3 Å². The lowest BCUT2D eigenvalue weighted by Crippen LogP contribution is -3.12. The highest BCUT2D eigenvalue weighted by molar-refractivity contribution is 5.93. The average Bonchev–Trinajstić information content (AvgIpc) is 2.55. The van der Waals surface area contributed by atoms with Crippen LogP contribution in [0.2, 0.25) is 0 Å². The molecule has 0 radical (unpaired) electrons. The molecule has 4 heteroatoms. The Morgan fingerprint density at radius 2 is 1.77 bits per heavy atom. The van der Waals surface area contributed by atoms with Gasteiger partial charge >= 0.3 is 0 Å². The van der Waals surface area contributed by atoms with Crippen molar-refractivity contribution < 1.29 is 14.4 Å². The molecule has 22 heavy (non-hydrogen) atoms. The smallest absolute Gasteiger partial charge is 0.282 e. The number of methoxy groups -OCH3 is 1. The predicted octanol–water partition coefficient (Wildman–Crippen LogP) is 1.74. The zero-order valence-electron chi connectivity index (χ0n) is 13.3. The highest BCUT2D eigenvalue weighted by atomic mass is 16.5. The number of quaternary nitrogens is 1. The maximum absolute atomic E-state index is 12.3. The first kappa shape index (κ1) is 16.0. The van der Waals surface area contributed by atoms with Crippen LogP contribution < -0.4 is 15.0 Å². The Balaban J connectivity index is 1.93. The molecule has 1 amide bonds. The molecule has 0 aliphatic carbocycles. The summed E-state index contributed by atoms with van der Waals surface area (Å²) in [5.41, 5.74) is 2.01. The van der Waals surface area contributed by atoms with Gasteiger partial charge in [0.05, 0.1) is 14.2 Å². The highest BCUT2D eigenvalue weighted by Crippen LogP contribution is 2.14. The van der Waals surface area contributed by atoms with Gasteiger partial charge in [-0.25, -0.2) is 0 Å². The maximum atomic E-state index is 12.3. The number of anilines is 1. The van der Waals surface area contributed by atoms with Crippen LogP contribution in [0.1, 0.15) is 12.5 Å². The first-order valence-electron chi connectivity index (χ1n) is 7.41. The van der Waals surface area contributed by atoms with Gasteiger partial charge in [-0.2, -0.15) is 0 Å². The largest absolute Gasteiger partial charge is 0.497 e. The summed E-state index contributed by atoms with van der Waals surface area (Å²) in [5, 5.41) is 2.94. The van der Waals surface area contributed by atoms with Crippen molar-refractivity contribution in [3.63, 3.8) is 0 Å². The van der Waals surface area contributed by atoms with E-state index in [1.54, 1.807) is 7.11 Å². The fraction of sp³-hybridized carbons (Fsp3) is 0.278. The summed E-state index contributed by atoms with van der Waals surface area (Å²) in [5.74, 6) is 0.788. The molecule has 0 spiro atoms. The summed E-state index contributed by atoms with van der Waals surface area (Å²) in [6.45, 7) is 2.76. The summed E-state index contributed by atoms with van der Waals surface area (Å²) in [4.78, 5) is 13.5. The molecule has 1 unspecified atom stereocenters. The number of carbonyl (C=O) groups excluding carboxylic acids is 1. The number of carbonyl (C=O) groups is 1. The standard InChI is InChI=1S/C18H22N2O2/c1-14(20(2)13-15-7-5-4-6-8-15)18(21)19-16-9-11-17(22-3)12-10-16/h4-12,14H,13H2,1-3H3,(H,19,21)/p+1/t14-/m0/s1. The van der Waals surface area contributed by atoms with Gasteiger partial charge in [-0.05, 0) is 31.2 Å². The van der Waals surface area contributed by atoms with Gasteiger partial charge in [0.1, 0.15) is 12.3 Å². The predicted molar refractivity (Wildman–Crippen MR) is 88.1 cm³/mol. The lowest BCUT2D eigenvalue weighted by atomic mass is 10.2. The van der Waals surface area contributed by atoms with E-state index in [0.717, 1.165) is 22.9 Å². The first-order chi connectivity index (χ1) is 10.6. The minimum Gasteiger partial charge on any atom is -0.497 e. The number of likely N-dealkylation sites (N-methyl/N-ethyl adjacent to an activating group) is 1. The summed E-state index contributed by atoms with van der Waals surface area (Å²) in [7, 11) is 3.66. The minimum absolute atomic E-state index is 0.0126. The molecule has 0 saturated heterocycles. The number of hydrogen-bond donors (Lipinski definition) is 2. The first-order valence-corrected chi connectivity index (χ1v) is 7.41. The summed E-state index contributed by atoms with van der Waals surface area (Å²) < 4.78 is 5.11. The molecule has 2 N–H and O–H groups in total. The molecule has 4 nitrogen and oxygen atoms in total. The van der Waals surface area contributed by atoms with E-state index in [1.807, 2.05) is 56.4 Å². The van der Waals surface area contributed by atoms with Gasteiger partial charge in [0.15, 0.2) is 6.04 Å². The van der Waals surface area contributed by atoms with Gasteiger partial charge in [0.25, 0.3) is 5.91 Å². The van der Waals surface area contributed by atoms with Crippen molar-refractivity contribution in [3.05, 3.63) is 60.2 Å². The average molecular weight is 299 g/mol. The number of hydrogen-bond acceptors (Lipinski definition) is 2. The lowest BCUT2D eigenvalue weighted by Gasteiger charge is -2.21. The Morgan fingerprint density at radius 3 is 2.36 bits per heavy atom. The second-order valence-electron chi connectivity index (χ2n) is 5.45. The van der Waals surface area contributed by atoms with Crippen molar-refractivity contribution in [1.82, 2.24) is 0 Å². The Labute approximate surface area is 131 Å². The molecule has 116 valence electrons. The van der Waals surface area contributed by atoms with Crippen molar-refractivity contribution >= 4 is 11.6 Å². The van der Waals surface area contributed by atoms with Crippen LogP contribution in [0.25, 0.3) is 0 Å². The number of ether oxygens (including phenoxy) is 1. The molecule has 2 rings (SSSR count). The van der Waals surface area contributed by atoms with Crippen LogP contribution in [0, 0.1) is 0 Å². The molecule has 2 aromatic rings. The van der Waals surface area contributed by atoms with Crippen molar-refractivity contribution in [2.45, 2.75) is 19.5 Å². The van der Waals surface area contributed by atoms with E-state index in [9.17, 15) is 4.79 Å². The Bertz CT molecular complexity index is 596.